The van der Waals surface area contributed by atoms with Crippen LogP contribution in [0.25, 0.3) is 0 Å². The van der Waals surface area contributed by atoms with Crippen LogP contribution in [-0.4, -0.2) is 39.9 Å². The molecule has 1 aliphatic rings. The topological polar surface area (TPSA) is 82.4 Å². The van der Waals surface area contributed by atoms with Crippen molar-refractivity contribution in [2.75, 3.05) is 7.04 Å². The quantitative estimate of drug-likeness (QED) is 0.645. The summed E-state index contributed by atoms with van der Waals surface area (Å²) in [7, 11) is -6.54. The molecular formula is C17H18ClF2NO5S2. The van der Waals surface area contributed by atoms with Crippen molar-refractivity contribution in [3.63, 3.8) is 0 Å². The molecule has 6 nitrogen and oxygen atoms in total. The summed E-state index contributed by atoms with van der Waals surface area (Å²) in [4.78, 5) is -0.740. The zero-order chi connectivity index (χ0) is 23.4. The first kappa shape index (κ1) is 17.4. The van der Waals surface area contributed by atoms with Crippen LogP contribution in [0.15, 0.2) is 40.3 Å². The van der Waals surface area contributed by atoms with Crippen LogP contribution < -0.4 is 0 Å². The van der Waals surface area contributed by atoms with Crippen molar-refractivity contribution in [2.45, 2.75) is 48.0 Å². The van der Waals surface area contributed by atoms with Gasteiger partial charge in [-0.05, 0) is 37.5 Å². The van der Waals surface area contributed by atoms with Gasteiger partial charge in [0.05, 0.1) is 9.01 Å². The van der Waals surface area contributed by atoms with Crippen LogP contribution in [0.3, 0.4) is 0 Å². The molecule has 1 heterocycles. The highest BCUT2D eigenvalue weighted by atomic mass is 35.7. The van der Waals surface area contributed by atoms with Crippen molar-refractivity contribution in [1.29, 1.82) is 0 Å². The Labute approximate surface area is 170 Å². The summed E-state index contributed by atoms with van der Waals surface area (Å²) >= 11 is 0. The lowest BCUT2D eigenvalue weighted by atomic mass is 9.84. The second kappa shape index (κ2) is 7.08. The van der Waals surface area contributed by atoms with Crippen molar-refractivity contribution in [1.82, 2.24) is 3.97 Å². The first-order chi connectivity index (χ1) is 14.1. The molecule has 28 heavy (non-hydrogen) atoms. The SMILES string of the molecule is [2H]C([2H])([2H])O[C@]1(C(F)F)CCc2c(S(=O)(=O)Cl)cn(S(=O)(=O)c3ccc(C)cc3)c2C1. The number of halogens is 3. The van der Waals surface area contributed by atoms with Crippen LogP contribution in [0.1, 0.15) is 27.4 Å². The Morgan fingerprint density at radius 3 is 2.43 bits per heavy atom. The monoisotopic (exact) mass is 456 g/mol. The van der Waals surface area contributed by atoms with E-state index in [0.717, 1.165) is 11.8 Å². The second-order valence-corrected chi connectivity index (χ2v) is 11.0. The maximum Gasteiger partial charge on any atom is 0.267 e. The third-order valence-electron chi connectivity index (χ3n) is 4.85. The Balaban J connectivity index is 2.24. The van der Waals surface area contributed by atoms with Gasteiger partial charge in [-0.25, -0.2) is 29.6 Å². The van der Waals surface area contributed by atoms with Crippen LogP contribution in [0.4, 0.5) is 8.78 Å². The van der Waals surface area contributed by atoms with Gasteiger partial charge in [0.1, 0.15) is 10.5 Å². The molecule has 1 aromatic carbocycles. The Kier molecular flexibility index (Phi) is 4.40. The van der Waals surface area contributed by atoms with Crippen LogP contribution >= 0.6 is 10.7 Å². The van der Waals surface area contributed by atoms with Crippen molar-refractivity contribution in [2.24, 2.45) is 0 Å². The lowest BCUT2D eigenvalue weighted by molar-refractivity contribution is -0.128. The van der Waals surface area contributed by atoms with E-state index in [4.69, 9.17) is 19.5 Å². The van der Waals surface area contributed by atoms with Crippen molar-refractivity contribution < 1.29 is 34.5 Å². The fourth-order valence-corrected chi connectivity index (χ4v) is 5.89. The van der Waals surface area contributed by atoms with Crippen LogP contribution in [0.5, 0.6) is 0 Å². The number of nitrogens with zero attached hydrogens (tertiary/aromatic N) is 1. The molecule has 0 fully saturated rings. The zero-order valence-electron chi connectivity index (χ0n) is 17.5. The van der Waals surface area contributed by atoms with Gasteiger partial charge >= 0.3 is 0 Å². The molecule has 0 saturated heterocycles. The summed E-state index contributed by atoms with van der Waals surface area (Å²) in [5.41, 5.74) is -2.13. The molecule has 11 heteroatoms. The minimum absolute atomic E-state index is 0.0592. The molecule has 154 valence electrons. The van der Waals surface area contributed by atoms with E-state index in [1.54, 1.807) is 6.92 Å². The van der Waals surface area contributed by atoms with Gasteiger partial charge in [-0.15, -0.1) is 0 Å². The van der Waals surface area contributed by atoms with Crippen LogP contribution in [0, 0.1) is 6.92 Å². The minimum Gasteiger partial charge on any atom is -0.372 e. The molecule has 0 bridgehead atoms. The smallest absolute Gasteiger partial charge is 0.267 e. The van der Waals surface area contributed by atoms with Gasteiger partial charge < -0.3 is 4.74 Å². The number of hydrogen-bond donors (Lipinski definition) is 0. The Hall–Kier alpha value is -1.49. The highest BCUT2D eigenvalue weighted by molar-refractivity contribution is 8.13. The van der Waals surface area contributed by atoms with Crippen molar-refractivity contribution in [3.8, 4) is 0 Å². The second-order valence-electron chi connectivity index (χ2n) is 6.61. The molecule has 0 saturated carbocycles. The van der Waals surface area contributed by atoms with Crippen LogP contribution in [0.2, 0.25) is 0 Å². The van der Waals surface area contributed by atoms with E-state index in [9.17, 15) is 25.6 Å². The third-order valence-corrected chi connectivity index (χ3v) is 7.94. The Morgan fingerprint density at radius 2 is 1.89 bits per heavy atom. The molecule has 0 unspecified atom stereocenters. The average molecular weight is 457 g/mol. The van der Waals surface area contributed by atoms with Gasteiger partial charge in [0.15, 0.2) is 0 Å². The molecule has 0 spiro atoms. The fraction of sp³-hybridized carbons (Fsp3) is 0.412. The molecule has 1 aliphatic carbocycles. The molecule has 0 N–H and O–H groups in total. The molecular weight excluding hydrogens is 436 g/mol. The Bertz CT molecular complexity index is 1210. The third kappa shape index (κ3) is 3.47. The van der Waals surface area contributed by atoms with E-state index >= 15 is 0 Å². The van der Waals surface area contributed by atoms with E-state index in [1.165, 1.54) is 24.3 Å². The van der Waals surface area contributed by atoms with E-state index < -0.39 is 55.9 Å². The maximum absolute atomic E-state index is 14.0. The number of methoxy groups -OCH3 is 1. The minimum atomic E-state index is -4.42. The predicted octanol–water partition coefficient (Wildman–Crippen LogP) is 3.10. The molecule has 2 aromatic rings. The molecule has 0 radical (unpaired) electrons. The maximum atomic E-state index is 14.0. The fourth-order valence-electron chi connectivity index (χ4n) is 3.26. The number of aromatic nitrogens is 1. The van der Waals surface area contributed by atoms with Crippen molar-refractivity contribution in [3.05, 3.63) is 47.3 Å². The first-order valence-corrected chi connectivity index (χ1v) is 11.8. The number of ether oxygens (including phenoxy) is 1. The highest BCUT2D eigenvalue weighted by Crippen LogP contribution is 2.41. The number of fused-ring (bicyclic) bond motifs is 1. The normalized spacial score (nSPS) is 22.4. The molecule has 0 aliphatic heterocycles. The standard InChI is InChI=1S/C17H18ClF2NO5S2/c1-11-3-5-12(6-4-11)28(24,25)21-10-15(27(18,22)23)13-7-8-17(26-2,16(19)20)9-14(13)21/h3-6,10,16H,7-9H2,1-2H3/t17-/m1/s1/i2D3. The van der Waals surface area contributed by atoms with Gasteiger partial charge in [0.2, 0.25) is 0 Å². The van der Waals surface area contributed by atoms with Gasteiger partial charge in [-0.2, -0.15) is 0 Å². The number of rotatable bonds is 5. The first-order valence-electron chi connectivity index (χ1n) is 9.55. The predicted molar refractivity (Wildman–Crippen MR) is 99.0 cm³/mol. The summed E-state index contributed by atoms with van der Waals surface area (Å²) in [6, 6.07) is 5.61. The summed E-state index contributed by atoms with van der Waals surface area (Å²) in [5.74, 6) is 0. The lowest BCUT2D eigenvalue weighted by Gasteiger charge is -2.35. The van der Waals surface area contributed by atoms with Crippen LogP contribution in [-0.2, 0) is 36.7 Å². The largest absolute Gasteiger partial charge is 0.372 e. The number of alkyl halides is 2. The molecule has 1 aromatic heterocycles. The zero-order valence-corrected chi connectivity index (χ0v) is 16.9. The molecule has 0 amide bonds. The average Bonchev–Trinajstić information content (AvgIpc) is 3.00. The van der Waals surface area contributed by atoms with Gasteiger partial charge in [0, 0.05) is 36.0 Å². The van der Waals surface area contributed by atoms with E-state index in [2.05, 4.69) is 0 Å². The van der Waals surface area contributed by atoms with E-state index in [-0.39, 0.29) is 22.6 Å². The van der Waals surface area contributed by atoms with E-state index in [1.807, 2.05) is 0 Å². The summed E-state index contributed by atoms with van der Waals surface area (Å²) in [6.07, 6.45) is -4.26. The Morgan fingerprint density at radius 1 is 1.25 bits per heavy atom. The summed E-state index contributed by atoms with van der Waals surface area (Å²) < 4.78 is 105. The summed E-state index contributed by atoms with van der Waals surface area (Å²) in [5, 5.41) is 0. The van der Waals surface area contributed by atoms with Gasteiger partial charge in [-0.3, -0.25) is 0 Å². The highest BCUT2D eigenvalue weighted by Gasteiger charge is 2.46. The molecule has 3 rings (SSSR count). The van der Waals surface area contributed by atoms with Crippen molar-refractivity contribution >= 4 is 29.8 Å². The molecule has 1 atom stereocenters. The number of benzene rings is 1. The summed E-state index contributed by atoms with van der Waals surface area (Å²) in [6.45, 7) is 1.73. The van der Waals surface area contributed by atoms with Gasteiger partial charge in [0.25, 0.3) is 25.5 Å². The van der Waals surface area contributed by atoms with E-state index in [0.29, 0.717) is 3.97 Å². The number of aryl methyl sites for hydroxylation is 1. The van der Waals surface area contributed by atoms with Gasteiger partial charge in [-0.1, -0.05) is 17.7 Å². The number of hydrogen-bond acceptors (Lipinski definition) is 5. The lowest BCUT2D eigenvalue weighted by Crippen LogP contribution is -2.45.